The summed E-state index contributed by atoms with van der Waals surface area (Å²) in [5, 5.41) is 3.55. The largest absolute Gasteiger partial charge is 0.315 e. The minimum atomic E-state index is 0.493. The van der Waals surface area contributed by atoms with Crippen LogP contribution in [0.3, 0.4) is 0 Å². The van der Waals surface area contributed by atoms with Gasteiger partial charge in [-0.1, -0.05) is 38.1 Å². The van der Waals surface area contributed by atoms with Gasteiger partial charge in [0.25, 0.3) is 0 Å². The second kappa shape index (κ2) is 4.92. The first-order valence-corrected chi connectivity index (χ1v) is 7.57. The van der Waals surface area contributed by atoms with Crippen LogP contribution in [0.1, 0.15) is 44.2 Å². The summed E-state index contributed by atoms with van der Waals surface area (Å²) in [6, 6.07) is 10.3. The summed E-state index contributed by atoms with van der Waals surface area (Å²) in [5.41, 5.74) is 3.55. The van der Waals surface area contributed by atoms with Gasteiger partial charge in [0, 0.05) is 25.2 Å². The van der Waals surface area contributed by atoms with Crippen LogP contribution < -0.4 is 5.32 Å². The van der Waals surface area contributed by atoms with E-state index in [1.807, 2.05) is 0 Å². The Balaban J connectivity index is 1.78. The van der Waals surface area contributed by atoms with E-state index in [1.165, 1.54) is 30.4 Å². The first-order valence-electron chi connectivity index (χ1n) is 7.57. The van der Waals surface area contributed by atoms with Crippen LogP contribution in [0.15, 0.2) is 24.3 Å². The normalized spacial score (nSPS) is 30.3. The summed E-state index contributed by atoms with van der Waals surface area (Å²) in [7, 11) is 2.12. The summed E-state index contributed by atoms with van der Waals surface area (Å²) in [6.07, 6.45) is 3.96. The highest BCUT2D eigenvalue weighted by Gasteiger charge is 2.38. The van der Waals surface area contributed by atoms with Gasteiger partial charge in [-0.25, -0.2) is 0 Å². The zero-order valence-electron chi connectivity index (χ0n) is 12.4. The van der Waals surface area contributed by atoms with Crippen LogP contribution in [0.5, 0.6) is 0 Å². The van der Waals surface area contributed by atoms with Crippen molar-refractivity contribution in [3.8, 4) is 0 Å². The standard InChI is InChI=1S/C17H26N2/c1-17(2)9-8-15(18-3)16(10-17)19-11-13-6-4-5-7-14(13)12-19/h4-7,15-16,18H,8-12H2,1-3H3. The van der Waals surface area contributed by atoms with Gasteiger partial charge in [-0.3, -0.25) is 4.90 Å². The highest BCUT2D eigenvalue weighted by Crippen LogP contribution is 2.39. The van der Waals surface area contributed by atoms with Crippen molar-refractivity contribution in [1.29, 1.82) is 0 Å². The summed E-state index contributed by atoms with van der Waals surface area (Å²) in [5.74, 6) is 0. The molecule has 0 aromatic heterocycles. The molecule has 0 spiro atoms. The van der Waals surface area contributed by atoms with Gasteiger partial charge in [0.05, 0.1) is 0 Å². The molecule has 2 atom stereocenters. The third kappa shape index (κ3) is 2.56. The van der Waals surface area contributed by atoms with Crippen LogP contribution in [0.4, 0.5) is 0 Å². The number of hydrogen-bond donors (Lipinski definition) is 1. The molecular formula is C17H26N2. The summed E-state index contributed by atoms with van der Waals surface area (Å²) < 4.78 is 0. The zero-order chi connectivity index (χ0) is 13.5. The molecule has 2 aliphatic rings. The average molecular weight is 258 g/mol. The Morgan fingerprint density at radius 1 is 1.16 bits per heavy atom. The molecule has 2 nitrogen and oxygen atoms in total. The number of rotatable bonds is 2. The van der Waals surface area contributed by atoms with E-state index in [9.17, 15) is 0 Å². The fourth-order valence-electron chi connectivity index (χ4n) is 3.86. The third-order valence-electron chi connectivity index (χ3n) is 5.06. The molecule has 0 amide bonds. The second-order valence-electron chi connectivity index (χ2n) is 7.04. The smallest absolute Gasteiger partial charge is 0.0261 e. The van der Waals surface area contributed by atoms with Gasteiger partial charge in [0.2, 0.25) is 0 Å². The highest BCUT2D eigenvalue weighted by molar-refractivity contribution is 5.30. The Morgan fingerprint density at radius 2 is 1.79 bits per heavy atom. The van der Waals surface area contributed by atoms with Crippen molar-refractivity contribution in [2.75, 3.05) is 7.05 Å². The van der Waals surface area contributed by atoms with Gasteiger partial charge in [-0.15, -0.1) is 0 Å². The Bertz CT molecular complexity index is 427. The monoisotopic (exact) mass is 258 g/mol. The number of likely N-dealkylation sites (N-methyl/N-ethyl adjacent to an activating group) is 1. The van der Waals surface area contributed by atoms with Crippen molar-refractivity contribution >= 4 is 0 Å². The minimum absolute atomic E-state index is 0.493. The summed E-state index contributed by atoms with van der Waals surface area (Å²) >= 11 is 0. The van der Waals surface area contributed by atoms with Crippen LogP contribution in [0.2, 0.25) is 0 Å². The maximum absolute atomic E-state index is 3.55. The first-order chi connectivity index (χ1) is 9.09. The van der Waals surface area contributed by atoms with Crippen LogP contribution in [0.25, 0.3) is 0 Å². The van der Waals surface area contributed by atoms with Gasteiger partial charge in [-0.2, -0.15) is 0 Å². The van der Waals surface area contributed by atoms with E-state index in [4.69, 9.17) is 0 Å². The van der Waals surface area contributed by atoms with Crippen LogP contribution in [0, 0.1) is 5.41 Å². The Hall–Kier alpha value is -0.860. The average Bonchev–Trinajstić information content (AvgIpc) is 2.81. The van der Waals surface area contributed by atoms with E-state index in [0.717, 1.165) is 13.1 Å². The van der Waals surface area contributed by atoms with Gasteiger partial charge in [0.15, 0.2) is 0 Å². The Labute approximate surface area is 117 Å². The molecule has 104 valence electrons. The molecule has 1 aliphatic heterocycles. The zero-order valence-corrected chi connectivity index (χ0v) is 12.4. The van der Waals surface area contributed by atoms with Crippen LogP contribution in [-0.4, -0.2) is 24.0 Å². The fraction of sp³-hybridized carbons (Fsp3) is 0.647. The first kappa shape index (κ1) is 13.1. The molecule has 3 rings (SSSR count). The van der Waals surface area contributed by atoms with Gasteiger partial charge in [0.1, 0.15) is 0 Å². The lowest BCUT2D eigenvalue weighted by atomic mass is 9.72. The lowest BCUT2D eigenvalue weighted by molar-refractivity contribution is 0.0653. The lowest BCUT2D eigenvalue weighted by Crippen LogP contribution is -2.52. The summed E-state index contributed by atoms with van der Waals surface area (Å²) in [4.78, 5) is 2.69. The van der Waals surface area contributed by atoms with Crippen molar-refractivity contribution in [2.45, 2.75) is 58.3 Å². The number of fused-ring (bicyclic) bond motifs is 1. The van der Waals surface area contributed by atoms with Crippen LogP contribution >= 0.6 is 0 Å². The number of nitrogens with zero attached hydrogens (tertiary/aromatic N) is 1. The Morgan fingerprint density at radius 3 is 2.37 bits per heavy atom. The topological polar surface area (TPSA) is 15.3 Å². The SMILES string of the molecule is CNC1CCC(C)(C)CC1N1Cc2ccccc2C1. The number of hydrogen-bond acceptors (Lipinski definition) is 2. The molecule has 1 heterocycles. The molecule has 1 aromatic rings. The van der Waals surface area contributed by atoms with Crippen molar-refractivity contribution in [3.63, 3.8) is 0 Å². The van der Waals surface area contributed by atoms with Crippen LogP contribution in [-0.2, 0) is 13.1 Å². The van der Waals surface area contributed by atoms with E-state index in [1.54, 1.807) is 0 Å². The van der Waals surface area contributed by atoms with E-state index in [0.29, 0.717) is 17.5 Å². The number of nitrogens with one attached hydrogen (secondary N) is 1. The molecule has 1 N–H and O–H groups in total. The molecule has 2 unspecified atom stereocenters. The van der Waals surface area contributed by atoms with E-state index in [2.05, 4.69) is 55.4 Å². The maximum Gasteiger partial charge on any atom is 0.0261 e. The predicted octanol–water partition coefficient (Wildman–Crippen LogP) is 3.17. The lowest BCUT2D eigenvalue weighted by Gasteiger charge is -2.44. The molecule has 1 fully saturated rings. The second-order valence-corrected chi connectivity index (χ2v) is 7.04. The van der Waals surface area contributed by atoms with E-state index in [-0.39, 0.29) is 0 Å². The summed E-state index contributed by atoms with van der Waals surface area (Å²) in [6.45, 7) is 7.12. The fourth-order valence-corrected chi connectivity index (χ4v) is 3.86. The molecule has 1 aliphatic carbocycles. The third-order valence-corrected chi connectivity index (χ3v) is 5.06. The molecule has 1 aromatic carbocycles. The molecule has 19 heavy (non-hydrogen) atoms. The van der Waals surface area contributed by atoms with E-state index < -0.39 is 0 Å². The van der Waals surface area contributed by atoms with Crippen molar-refractivity contribution in [3.05, 3.63) is 35.4 Å². The minimum Gasteiger partial charge on any atom is -0.315 e. The highest BCUT2D eigenvalue weighted by atomic mass is 15.2. The Kier molecular flexibility index (Phi) is 3.40. The van der Waals surface area contributed by atoms with Crippen molar-refractivity contribution in [1.82, 2.24) is 10.2 Å². The van der Waals surface area contributed by atoms with Gasteiger partial charge < -0.3 is 5.32 Å². The van der Waals surface area contributed by atoms with E-state index >= 15 is 0 Å². The maximum atomic E-state index is 3.55. The van der Waals surface area contributed by atoms with Gasteiger partial charge in [-0.05, 0) is 42.9 Å². The predicted molar refractivity (Wildman–Crippen MR) is 80.0 cm³/mol. The molecular weight excluding hydrogens is 232 g/mol. The molecule has 1 saturated carbocycles. The molecule has 0 bridgehead atoms. The quantitative estimate of drug-likeness (QED) is 0.876. The molecule has 0 saturated heterocycles. The van der Waals surface area contributed by atoms with Crippen molar-refractivity contribution in [2.24, 2.45) is 5.41 Å². The number of benzene rings is 1. The molecule has 0 radical (unpaired) electrons. The molecule has 2 heteroatoms. The van der Waals surface area contributed by atoms with Gasteiger partial charge >= 0.3 is 0 Å². The van der Waals surface area contributed by atoms with Crippen molar-refractivity contribution < 1.29 is 0 Å².